The molecule has 3 radical (unpaired) electrons. The fraction of sp³-hybridized carbons (Fsp3) is 0. The summed E-state index contributed by atoms with van der Waals surface area (Å²) in [6, 6.07) is 27.9. The molecule has 4 nitrogen and oxygen atoms in total. The Morgan fingerprint density at radius 2 is 1.16 bits per heavy atom. The first kappa shape index (κ1) is 18.0. The van der Waals surface area contributed by atoms with Gasteiger partial charge >= 0.3 is 27.9 Å². The molecule has 0 heterocycles. The minimum absolute atomic E-state index is 0.452. The maximum atomic E-state index is 11.3. The normalized spacial score (nSPS) is 11.6. The van der Waals surface area contributed by atoms with E-state index in [0.29, 0.717) is 0 Å². The van der Waals surface area contributed by atoms with Crippen molar-refractivity contribution in [2.24, 2.45) is 0 Å². The SMILES string of the molecule is O[Si](O[Si]O[Si](O)(c1ccccc1)c1ccccc1)c1ccccc1. The van der Waals surface area contributed by atoms with Crippen LogP contribution in [0.3, 0.4) is 0 Å². The van der Waals surface area contributed by atoms with Gasteiger partial charge in [0.2, 0.25) is 0 Å². The van der Waals surface area contributed by atoms with Gasteiger partial charge in [-0.05, 0) is 15.6 Å². The standard InChI is InChI=1S/C18H17O4Si3/c19-24(16-10-4-1-5-11-16)21-23-22-25(20,17-12-6-2-7-13-17)18-14-8-3-9-15-18/h1-15,19-20H. The van der Waals surface area contributed by atoms with Crippen molar-refractivity contribution in [2.45, 2.75) is 0 Å². The Labute approximate surface area is 152 Å². The molecule has 125 valence electrons. The predicted molar refractivity (Wildman–Crippen MR) is 102 cm³/mol. The van der Waals surface area contributed by atoms with Crippen LogP contribution in [0.5, 0.6) is 0 Å². The quantitative estimate of drug-likeness (QED) is 0.574. The van der Waals surface area contributed by atoms with Crippen molar-refractivity contribution in [3.63, 3.8) is 0 Å². The summed E-state index contributed by atoms with van der Waals surface area (Å²) in [7, 11) is -5.98. The molecule has 0 aliphatic heterocycles. The lowest BCUT2D eigenvalue weighted by Crippen LogP contribution is -2.62. The third-order valence-corrected chi connectivity index (χ3v) is 9.36. The Bertz CT molecular complexity index is 733. The minimum Gasteiger partial charge on any atom is -0.409 e. The van der Waals surface area contributed by atoms with Crippen LogP contribution < -0.4 is 15.6 Å². The molecule has 0 aromatic heterocycles. The molecule has 0 fully saturated rings. The molecule has 0 aliphatic carbocycles. The van der Waals surface area contributed by atoms with Gasteiger partial charge in [0, 0.05) is 0 Å². The second-order valence-corrected chi connectivity index (χ2v) is 10.8. The topological polar surface area (TPSA) is 58.9 Å². The summed E-state index contributed by atoms with van der Waals surface area (Å²) in [6.45, 7) is 0. The van der Waals surface area contributed by atoms with E-state index >= 15 is 0 Å². The van der Waals surface area contributed by atoms with Gasteiger partial charge in [-0.25, -0.2) is 0 Å². The first-order valence-corrected chi connectivity index (χ1v) is 11.8. The zero-order valence-corrected chi connectivity index (χ0v) is 16.4. The number of benzene rings is 3. The van der Waals surface area contributed by atoms with E-state index in [0.717, 1.165) is 15.6 Å². The Morgan fingerprint density at radius 3 is 1.64 bits per heavy atom. The molecule has 3 aromatic rings. The summed E-state index contributed by atoms with van der Waals surface area (Å²) in [4.78, 5) is 21.5. The summed E-state index contributed by atoms with van der Waals surface area (Å²) in [6.07, 6.45) is 0. The van der Waals surface area contributed by atoms with E-state index in [4.69, 9.17) is 8.23 Å². The van der Waals surface area contributed by atoms with Crippen LogP contribution in [-0.2, 0) is 8.23 Å². The first-order chi connectivity index (χ1) is 12.2. The monoisotopic (exact) mass is 381 g/mol. The lowest BCUT2D eigenvalue weighted by atomic mass is 10.4. The Hall–Kier alpha value is -1.85. The maximum absolute atomic E-state index is 11.3. The molecule has 0 aliphatic rings. The van der Waals surface area contributed by atoms with Gasteiger partial charge in [-0.3, -0.25) is 0 Å². The van der Waals surface area contributed by atoms with E-state index < -0.39 is 27.9 Å². The Balaban J connectivity index is 1.75. The van der Waals surface area contributed by atoms with Gasteiger partial charge in [0.15, 0.2) is 0 Å². The van der Waals surface area contributed by atoms with Crippen LogP contribution in [0.25, 0.3) is 0 Å². The lowest BCUT2D eigenvalue weighted by molar-refractivity contribution is 0.357. The van der Waals surface area contributed by atoms with Gasteiger partial charge in [-0.15, -0.1) is 0 Å². The zero-order valence-electron chi connectivity index (χ0n) is 13.4. The van der Waals surface area contributed by atoms with Crippen molar-refractivity contribution in [3.05, 3.63) is 91.0 Å². The van der Waals surface area contributed by atoms with Crippen molar-refractivity contribution in [1.82, 2.24) is 0 Å². The molecular formula is C18H17O4Si3. The smallest absolute Gasteiger partial charge is 0.409 e. The van der Waals surface area contributed by atoms with Crippen LogP contribution in [-0.4, -0.2) is 37.4 Å². The van der Waals surface area contributed by atoms with Gasteiger partial charge in [-0.1, -0.05) is 91.0 Å². The largest absolute Gasteiger partial charge is 0.413 e. The molecule has 0 unspecified atom stereocenters. The molecule has 0 amide bonds. The summed E-state index contributed by atoms with van der Waals surface area (Å²) >= 11 is 0. The third-order valence-electron chi connectivity index (χ3n) is 3.68. The predicted octanol–water partition coefficient (Wildman–Crippen LogP) is 0.190. The molecule has 25 heavy (non-hydrogen) atoms. The third kappa shape index (κ3) is 4.41. The molecule has 0 saturated heterocycles. The van der Waals surface area contributed by atoms with Crippen molar-refractivity contribution in [1.29, 1.82) is 0 Å². The average molecular weight is 382 g/mol. The molecule has 0 spiro atoms. The molecular weight excluding hydrogens is 364 g/mol. The molecule has 3 rings (SSSR count). The van der Waals surface area contributed by atoms with E-state index in [1.807, 2.05) is 91.0 Å². The minimum atomic E-state index is -3.38. The van der Waals surface area contributed by atoms with Crippen LogP contribution in [0.2, 0.25) is 0 Å². The molecule has 3 aromatic carbocycles. The molecule has 0 bridgehead atoms. The van der Waals surface area contributed by atoms with Crippen LogP contribution in [0.15, 0.2) is 91.0 Å². The second kappa shape index (κ2) is 8.50. The van der Waals surface area contributed by atoms with E-state index in [9.17, 15) is 9.59 Å². The molecule has 0 saturated carbocycles. The molecule has 0 atom stereocenters. The number of hydrogen-bond acceptors (Lipinski definition) is 4. The summed E-state index contributed by atoms with van der Waals surface area (Å²) < 4.78 is 11.4. The van der Waals surface area contributed by atoms with Crippen molar-refractivity contribution >= 4 is 43.4 Å². The van der Waals surface area contributed by atoms with Crippen molar-refractivity contribution < 1.29 is 17.8 Å². The maximum Gasteiger partial charge on any atom is 0.413 e. The second-order valence-electron chi connectivity index (χ2n) is 5.33. The van der Waals surface area contributed by atoms with Crippen LogP contribution >= 0.6 is 0 Å². The molecule has 2 N–H and O–H groups in total. The summed E-state index contributed by atoms with van der Waals surface area (Å²) in [5.41, 5.74) is 0. The van der Waals surface area contributed by atoms with Crippen LogP contribution in [0, 0.1) is 0 Å². The lowest BCUT2D eigenvalue weighted by Gasteiger charge is -2.25. The van der Waals surface area contributed by atoms with Crippen molar-refractivity contribution in [3.8, 4) is 0 Å². The average Bonchev–Trinajstić information content (AvgIpc) is 2.70. The first-order valence-electron chi connectivity index (χ1n) is 7.75. The molecule has 7 heteroatoms. The van der Waals surface area contributed by atoms with Crippen LogP contribution in [0.4, 0.5) is 0 Å². The van der Waals surface area contributed by atoms with E-state index in [1.54, 1.807) is 0 Å². The number of hydrogen-bond donors (Lipinski definition) is 2. The van der Waals surface area contributed by atoms with Gasteiger partial charge in [0.1, 0.15) is 0 Å². The van der Waals surface area contributed by atoms with E-state index in [-0.39, 0.29) is 0 Å². The van der Waals surface area contributed by atoms with Gasteiger partial charge in [0.25, 0.3) is 0 Å². The van der Waals surface area contributed by atoms with Crippen LogP contribution in [0.1, 0.15) is 0 Å². The zero-order chi connectivity index (χ0) is 17.5. The summed E-state index contributed by atoms with van der Waals surface area (Å²) in [5, 5.41) is 2.22. The highest BCUT2D eigenvalue weighted by Crippen LogP contribution is 2.04. The van der Waals surface area contributed by atoms with E-state index in [1.165, 1.54) is 0 Å². The number of rotatable bonds is 7. The van der Waals surface area contributed by atoms with Gasteiger partial charge < -0.3 is 17.8 Å². The van der Waals surface area contributed by atoms with Gasteiger partial charge in [0.05, 0.1) is 0 Å². The van der Waals surface area contributed by atoms with Crippen molar-refractivity contribution in [2.75, 3.05) is 0 Å². The fourth-order valence-electron chi connectivity index (χ4n) is 2.37. The highest BCUT2D eigenvalue weighted by Gasteiger charge is 2.39. The highest BCUT2D eigenvalue weighted by atomic mass is 28.4. The van der Waals surface area contributed by atoms with Gasteiger partial charge in [-0.2, -0.15) is 0 Å². The summed E-state index contributed by atoms with van der Waals surface area (Å²) in [5.74, 6) is 0. The Kier molecular flexibility index (Phi) is 6.10. The Morgan fingerprint density at radius 1 is 0.720 bits per heavy atom. The fourth-order valence-corrected chi connectivity index (χ4v) is 7.23. The van der Waals surface area contributed by atoms with E-state index in [2.05, 4.69) is 0 Å². The highest BCUT2D eigenvalue weighted by molar-refractivity contribution is 6.93.